The van der Waals surface area contributed by atoms with E-state index in [-0.39, 0.29) is 5.91 Å². The highest BCUT2D eigenvalue weighted by molar-refractivity contribution is 5.91. The number of unbranched alkanes of at least 4 members (excludes halogenated alkanes) is 7. The third kappa shape index (κ3) is 9.65. The summed E-state index contributed by atoms with van der Waals surface area (Å²) in [6, 6.07) is 8.36. The first kappa shape index (κ1) is 22.3. The third-order valence-electron chi connectivity index (χ3n) is 4.65. The number of amides is 1. The first-order chi connectivity index (χ1) is 12.5. The Bertz CT molecular complexity index is 522. The van der Waals surface area contributed by atoms with Crippen LogP contribution in [-0.4, -0.2) is 31.0 Å². The molecule has 0 saturated carbocycles. The van der Waals surface area contributed by atoms with Crippen molar-refractivity contribution < 1.29 is 9.53 Å². The molecule has 146 valence electrons. The number of nitrogens with zero attached hydrogens (tertiary/aromatic N) is 1. The first-order valence-electron chi connectivity index (χ1n) is 10.2. The van der Waals surface area contributed by atoms with Crippen LogP contribution in [0.5, 0.6) is 5.75 Å². The van der Waals surface area contributed by atoms with Gasteiger partial charge in [0.15, 0.2) is 0 Å². The number of carbonyl (C=O) groups is 1. The summed E-state index contributed by atoms with van der Waals surface area (Å²) in [7, 11) is 1.77. The lowest BCUT2D eigenvalue weighted by Gasteiger charge is -2.17. The van der Waals surface area contributed by atoms with E-state index in [0.717, 1.165) is 12.2 Å². The lowest BCUT2D eigenvalue weighted by Crippen LogP contribution is -2.31. The number of rotatable bonds is 14. The van der Waals surface area contributed by atoms with Gasteiger partial charge in [-0.15, -0.1) is 0 Å². The van der Waals surface area contributed by atoms with E-state index in [0.29, 0.717) is 18.7 Å². The molecule has 0 radical (unpaired) electrons. The molecule has 0 fully saturated rings. The number of carbonyl (C=O) groups excluding carboxylic acids is 1. The van der Waals surface area contributed by atoms with Crippen molar-refractivity contribution in [3.63, 3.8) is 0 Å². The molecular weight excluding hydrogens is 322 g/mol. The maximum Gasteiger partial charge on any atom is 0.248 e. The molecule has 0 aliphatic rings. The monoisotopic (exact) mass is 359 g/mol. The van der Waals surface area contributed by atoms with Crippen LogP contribution in [0.3, 0.4) is 0 Å². The van der Waals surface area contributed by atoms with Crippen molar-refractivity contribution in [2.45, 2.75) is 71.6 Å². The van der Waals surface area contributed by atoms with Crippen molar-refractivity contribution in [3.05, 3.63) is 42.0 Å². The number of ether oxygens (including phenoxy) is 1. The van der Waals surface area contributed by atoms with Gasteiger partial charge in [0.25, 0.3) is 0 Å². The Kier molecular flexibility index (Phi) is 11.5. The molecule has 0 saturated heterocycles. The molecule has 1 aromatic carbocycles. The Morgan fingerprint density at radius 1 is 1.00 bits per heavy atom. The van der Waals surface area contributed by atoms with Crippen molar-refractivity contribution >= 4 is 5.91 Å². The second-order valence-electron chi connectivity index (χ2n) is 7.22. The SMILES string of the molecule is C=C(C)C(=O)N(C)CCOc1ccc(CCCCCCCCCC)cc1. The van der Waals surface area contributed by atoms with E-state index < -0.39 is 0 Å². The minimum Gasteiger partial charge on any atom is -0.492 e. The van der Waals surface area contributed by atoms with Gasteiger partial charge in [0.05, 0.1) is 6.54 Å². The number of hydrogen-bond acceptors (Lipinski definition) is 2. The molecule has 0 N–H and O–H groups in total. The van der Waals surface area contributed by atoms with Gasteiger partial charge < -0.3 is 9.64 Å². The zero-order valence-electron chi connectivity index (χ0n) is 17.1. The highest BCUT2D eigenvalue weighted by Crippen LogP contribution is 2.15. The van der Waals surface area contributed by atoms with Crippen LogP contribution in [0.25, 0.3) is 0 Å². The summed E-state index contributed by atoms with van der Waals surface area (Å²) in [4.78, 5) is 13.4. The summed E-state index contributed by atoms with van der Waals surface area (Å²) in [6.07, 6.45) is 12.0. The van der Waals surface area contributed by atoms with Gasteiger partial charge in [0.2, 0.25) is 5.91 Å². The van der Waals surface area contributed by atoms with Gasteiger partial charge in [-0.25, -0.2) is 0 Å². The lowest BCUT2D eigenvalue weighted by atomic mass is 10.0. The van der Waals surface area contributed by atoms with Gasteiger partial charge in [-0.05, 0) is 37.5 Å². The van der Waals surface area contributed by atoms with Gasteiger partial charge in [-0.1, -0.05) is 70.6 Å². The summed E-state index contributed by atoms with van der Waals surface area (Å²) in [5.41, 5.74) is 1.93. The van der Waals surface area contributed by atoms with E-state index in [1.165, 1.54) is 56.9 Å². The van der Waals surface area contributed by atoms with Crippen LogP contribution < -0.4 is 4.74 Å². The number of aryl methyl sites for hydroxylation is 1. The van der Waals surface area contributed by atoms with Crippen LogP contribution in [0.1, 0.15) is 70.8 Å². The predicted octanol–water partition coefficient (Wildman–Crippen LogP) is 5.78. The Morgan fingerprint density at radius 2 is 1.58 bits per heavy atom. The second-order valence-corrected chi connectivity index (χ2v) is 7.22. The van der Waals surface area contributed by atoms with E-state index in [1.807, 2.05) is 12.1 Å². The maximum absolute atomic E-state index is 11.7. The molecule has 3 heteroatoms. The first-order valence-corrected chi connectivity index (χ1v) is 10.2. The van der Waals surface area contributed by atoms with Gasteiger partial charge in [0, 0.05) is 12.6 Å². The molecule has 1 amide bonds. The van der Waals surface area contributed by atoms with Crippen LogP contribution in [0.15, 0.2) is 36.4 Å². The Balaban J connectivity index is 2.15. The number of hydrogen-bond donors (Lipinski definition) is 0. The Morgan fingerprint density at radius 3 is 2.15 bits per heavy atom. The molecule has 0 aromatic heterocycles. The molecule has 0 unspecified atom stereocenters. The van der Waals surface area contributed by atoms with Gasteiger partial charge in [-0.3, -0.25) is 4.79 Å². The molecule has 3 nitrogen and oxygen atoms in total. The van der Waals surface area contributed by atoms with Crippen molar-refractivity contribution in [1.29, 1.82) is 0 Å². The number of likely N-dealkylation sites (N-methyl/N-ethyl adjacent to an activating group) is 1. The van der Waals surface area contributed by atoms with Crippen LogP contribution in [0.2, 0.25) is 0 Å². The Labute approximate surface area is 160 Å². The third-order valence-corrected chi connectivity index (χ3v) is 4.65. The molecule has 0 aliphatic heterocycles. The average molecular weight is 360 g/mol. The van der Waals surface area contributed by atoms with Crippen LogP contribution in [0, 0.1) is 0 Å². The van der Waals surface area contributed by atoms with Crippen molar-refractivity contribution in [3.8, 4) is 5.75 Å². The van der Waals surface area contributed by atoms with E-state index in [2.05, 4.69) is 25.6 Å². The standard InChI is InChI=1S/C23H37NO2/c1-5-6-7-8-9-10-11-12-13-21-14-16-22(17-15-21)26-19-18-24(4)23(25)20(2)3/h14-17H,2,5-13,18-19H2,1,3-4H3. The number of benzene rings is 1. The molecule has 1 aromatic rings. The van der Waals surface area contributed by atoms with Crippen molar-refractivity contribution in [1.82, 2.24) is 4.90 Å². The van der Waals surface area contributed by atoms with E-state index in [9.17, 15) is 4.79 Å². The quantitative estimate of drug-likeness (QED) is 0.311. The molecule has 26 heavy (non-hydrogen) atoms. The smallest absolute Gasteiger partial charge is 0.248 e. The molecule has 0 heterocycles. The van der Waals surface area contributed by atoms with E-state index in [1.54, 1.807) is 18.9 Å². The van der Waals surface area contributed by atoms with Crippen LogP contribution >= 0.6 is 0 Å². The summed E-state index contributed by atoms with van der Waals surface area (Å²) >= 11 is 0. The minimum absolute atomic E-state index is 0.0330. The van der Waals surface area contributed by atoms with Crippen LogP contribution in [0.4, 0.5) is 0 Å². The molecular formula is C23H37NO2. The molecule has 0 aliphatic carbocycles. The molecule has 0 spiro atoms. The zero-order chi connectivity index (χ0) is 19.2. The summed E-state index contributed by atoms with van der Waals surface area (Å²) in [5, 5.41) is 0. The van der Waals surface area contributed by atoms with Gasteiger partial charge >= 0.3 is 0 Å². The normalized spacial score (nSPS) is 10.6. The average Bonchev–Trinajstić information content (AvgIpc) is 2.64. The van der Waals surface area contributed by atoms with Gasteiger partial charge in [-0.2, -0.15) is 0 Å². The second kappa shape index (κ2) is 13.4. The maximum atomic E-state index is 11.7. The fourth-order valence-corrected chi connectivity index (χ4v) is 2.94. The molecule has 0 atom stereocenters. The van der Waals surface area contributed by atoms with Crippen molar-refractivity contribution in [2.24, 2.45) is 0 Å². The lowest BCUT2D eigenvalue weighted by molar-refractivity contribution is -0.126. The Hall–Kier alpha value is -1.77. The highest BCUT2D eigenvalue weighted by Gasteiger charge is 2.08. The fourth-order valence-electron chi connectivity index (χ4n) is 2.94. The molecule has 1 rings (SSSR count). The molecule has 0 bridgehead atoms. The largest absolute Gasteiger partial charge is 0.492 e. The zero-order valence-corrected chi connectivity index (χ0v) is 17.1. The van der Waals surface area contributed by atoms with Gasteiger partial charge in [0.1, 0.15) is 12.4 Å². The summed E-state index contributed by atoms with van der Waals surface area (Å²) in [6.45, 7) is 8.72. The van der Waals surface area contributed by atoms with Crippen molar-refractivity contribution in [2.75, 3.05) is 20.2 Å². The topological polar surface area (TPSA) is 29.5 Å². The highest BCUT2D eigenvalue weighted by atomic mass is 16.5. The van der Waals surface area contributed by atoms with Crippen LogP contribution in [-0.2, 0) is 11.2 Å². The van der Waals surface area contributed by atoms with E-state index in [4.69, 9.17) is 4.74 Å². The summed E-state index contributed by atoms with van der Waals surface area (Å²) < 4.78 is 5.73. The summed E-state index contributed by atoms with van der Waals surface area (Å²) in [5.74, 6) is 0.829. The predicted molar refractivity (Wildman–Crippen MR) is 111 cm³/mol. The minimum atomic E-state index is -0.0330. The fraction of sp³-hybridized carbons (Fsp3) is 0.609. The van der Waals surface area contributed by atoms with E-state index >= 15 is 0 Å².